The van der Waals surface area contributed by atoms with E-state index >= 15 is 0 Å². The molecule has 18 rings (SSSR count). The third-order valence-electron chi connectivity index (χ3n) is 17.3. The van der Waals surface area contributed by atoms with Gasteiger partial charge in [-0.05, 0) is 48.4 Å². The van der Waals surface area contributed by atoms with E-state index in [1.807, 2.05) is 243 Å². The summed E-state index contributed by atoms with van der Waals surface area (Å²) in [4.78, 5) is 0. The lowest BCUT2D eigenvalue weighted by atomic mass is 10.4. The Morgan fingerprint density at radius 1 is 0.308 bits per heavy atom. The summed E-state index contributed by atoms with van der Waals surface area (Å²) in [6, 6.07) is 79.7. The highest BCUT2D eigenvalue weighted by Crippen LogP contribution is 2.58. The molecule has 0 amide bonds. The third kappa shape index (κ3) is 10.8. The molecule has 8 aromatic carbocycles. The minimum atomic E-state index is -5.45. The second kappa shape index (κ2) is 23.8. The molecule has 10 aliphatic rings. The molecule has 10 aliphatic heterocycles. The van der Waals surface area contributed by atoms with Gasteiger partial charge in [-0.15, -0.1) is 0 Å². The zero-order valence-corrected chi connectivity index (χ0v) is 60.2. The van der Waals surface area contributed by atoms with Crippen molar-refractivity contribution in [2.75, 3.05) is 39.6 Å². The van der Waals surface area contributed by atoms with Crippen molar-refractivity contribution in [1.29, 1.82) is 0 Å². The second-order valence-electron chi connectivity index (χ2n) is 24.1. The maximum atomic E-state index is 9.03. The average Bonchev–Trinajstić information content (AvgIpc) is 1.62. The topological polar surface area (TPSA) is 173 Å². The van der Waals surface area contributed by atoms with Gasteiger partial charge in [-0.25, -0.2) is 0 Å². The number of benzene rings is 8. The number of rotatable bonds is 20. The monoisotopic (exact) mass is 1390 g/mol. The molecule has 8 aromatic rings. The Balaban J connectivity index is 1.12. The standard InChI is InChI=1S/C63H68O18Si10/c1-82(47-27-45-64-49-53-51-66-53)70-86(57-33-15-5-16-34-57)68-63-69-87(78-86,58-35-17-6-18-36-58)79-88(59-37-19-7-20-38-59)72-83(2,48-28-46-65-50-54-52-67-54)73-90(61-41-23-9-24-42-61)76-84(63,55-29-11-3-12-30-55)75-89(71-82,60-39-21-8-22-40-60)80-91(81-90,62-43-25-10-26-44-62)77-85(63,74-88)56-31-13-4-14-32-56/h3-26,29-44,53-54H,27-28,45-52H2,1-2H3. The van der Waals surface area contributed by atoms with Crippen LogP contribution >= 0.6 is 0 Å². The van der Waals surface area contributed by atoms with Crippen LogP contribution in [0.2, 0.25) is 25.2 Å². The molecule has 28 heteroatoms. The Hall–Kier alpha value is -4.79. The number of hydrogen-bond acceptors (Lipinski definition) is 18. The maximum Gasteiger partial charge on any atom is 0.524 e. The first-order valence-corrected chi connectivity index (χ1v) is 50.1. The quantitative estimate of drug-likeness (QED) is 0.0588. The molecule has 13 unspecified atom stereocenters. The molecule has 0 N–H and O–H groups in total. The van der Waals surface area contributed by atoms with Crippen molar-refractivity contribution in [2.45, 2.75) is 55.3 Å². The fraction of sp³-hybridized carbons (Fsp3) is 0.238. The highest BCUT2D eigenvalue weighted by atomic mass is 28.6. The van der Waals surface area contributed by atoms with Gasteiger partial charge in [0, 0.05) is 44.3 Å². The highest BCUT2D eigenvalue weighted by molar-refractivity contribution is 7.18. The number of fused-ring (bicyclic) bond motifs is 4. The van der Waals surface area contributed by atoms with E-state index < -0.39 is 92.1 Å². The van der Waals surface area contributed by atoms with Crippen LogP contribution in [0, 0.1) is 0 Å². The molecule has 91 heavy (non-hydrogen) atoms. The van der Waals surface area contributed by atoms with Crippen LogP contribution in [0.25, 0.3) is 0 Å². The minimum Gasteiger partial charge on any atom is -0.391 e. The van der Waals surface area contributed by atoms with Crippen molar-refractivity contribution in [3.63, 3.8) is 0 Å². The van der Waals surface area contributed by atoms with E-state index in [4.69, 9.17) is 77.2 Å². The van der Waals surface area contributed by atoms with Crippen LogP contribution in [0.3, 0.4) is 0 Å². The average molecular weight is 1390 g/mol. The largest absolute Gasteiger partial charge is 0.524 e. The SMILES string of the molecule is C[Si]1(CCCOCC2CO2)O[Si]2(c3ccccc3)OC34O[Si](c5ccccc5)(O2)O[Si]2(c5ccccc5)O[Si](C)(CCCOCC5CO5)O[Si]5(c6ccccc6)O[Si](c6ccccc6)(O[Si](c6ccccc6)(O1)O[Si]3(c1ccccc1)O5)O[Si]4(c1ccccc1)O2. The Morgan fingerprint density at radius 3 is 0.835 bits per heavy atom. The van der Waals surface area contributed by atoms with Crippen LogP contribution in [0.5, 0.6) is 0 Å². The number of ether oxygens (including phenoxy) is 4. The van der Waals surface area contributed by atoms with Crippen LogP contribution in [0.4, 0.5) is 0 Å². The van der Waals surface area contributed by atoms with Crippen molar-refractivity contribution < 1.29 is 77.2 Å². The normalized spacial score (nSPS) is 36.8. The number of epoxide rings is 2. The Bertz CT molecular complexity index is 3850. The van der Waals surface area contributed by atoms with Crippen molar-refractivity contribution in [3.05, 3.63) is 243 Å². The summed E-state index contributed by atoms with van der Waals surface area (Å²) < 4.78 is 146. The molecule has 10 heterocycles. The van der Waals surface area contributed by atoms with Crippen molar-refractivity contribution in [1.82, 2.24) is 0 Å². The molecule has 9 bridgehead atoms. The van der Waals surface area contributed by atoms with E-state index in [-0.39, 0.29) is 12.2 Å². The van der Waals surface area contributed by atoms with Crippen LogP contribution in [-0.2, 0) is 77.2 Å². The number of hydrogen-bond donors (Lipinski definition) is 0. The lowest BCUT2D eigenvalue weighted by molar-refractivity contribution is -0.121. The van der Waals surface area contributed by atoms with Crippen molar-refractivity contribution in [2.24, 2.45) is 0 Å². The van der Waals surface area contributed by atoms with Crippen molar-refractivity contribution in [3.8, 4) is 0 Å². The minimum absolute atomic E-state index is 0.0510. The van der Waals surface area contributed by atoms with E-state index in [2.05, 4.69) is 13.1 Å². The summed E-state index contributed by atoms with van der Waals surface area (Å²) >= 11 is 0. The lowest BCUT2D eigenvalue weighted by Crippen LogP contribution is -3.00. The fourth-order valence-electron chi connectivity index (χ4n) is 13.0. The van der Waals surface area contributed by atoms with Crippen molar-refractivity contribution >= 4 is 129 Å². The first kappa shape index (κ1) is 61.1. The molecule has 0 saturated carbocycles. The second-order valence-corrected chi connectivity index (χ2v) is 55.4. The highest BCUT2D eigenvalue weighted by Gasteiger charge is 2.95. The summed E-state index contributed by atoms with van der Waals surface area (Å²) in [6.45, 7) is 7.06. The van der Waals surface area contributed by atoms with Gasteiger partial charge in [0.1, 0.15) is 12.2 Å². The fourth-order valence-corrected chi connectivity index (χ4v) is 74.0. The molecule has 468 valence electrons. The van der Waals surface area contributed by atoms with Gasteiger partial charge >= 0.3 is 87.1 Å². The van der Waals surface area contributed by atoms with Gasteiger partial charge in [0.2, 0.25) is 5.03 Å². The van der Waals surface area contributed by atoms with Crippen LogP contribution < -0.4 is 41.5 Å². The van der Waals surface area contributed by atoms with Gasteiger partial charge < -0.3 is 77.2 Å². The maximum absolute atomic E-state index is 9.03. The van der Waals surface area contributed by atoms with E-state index in [0.717, 1.165) is 0 Å². The van der Waals surface area contributed by atoms with Crippen LogP contribution in [0.15, 0.2) is 243 Å². The zero-order chi connectivity index (χ0) is 61.4. The van der Waals surface area contributed by atoms with Gasteiger partial charge in [0.05, 0.1) is 26.4 Å². The van der Waals surface area contributed by atoms with Gasteiger partial charge in [-0.2, -0.15) is 0 Å². The Kier molecular flexibility index (Phi) is 16.0. The zero-order valence-electron chi connectivity index (χ0n) is 50.2. The molecular formula is C63H68O18Si10. The molecule has 10 saturated heterocycles. The van der Waals surface area contributed by atoms with Gasteiger partial charge in [-0.3, -0.25) is 0 Å². The Labute approximate surface area is 539 Å². The molecule has 1 spiro atoms. The van der Waals surface area contributed by atoms with Crippen LogP contribution in [0.1, 0.15) is 12.8 Å². The van der Waals surface area contributed by atoms with Crippen LogP contribution in [-0.4, -0.2) is 144 Å². The van der Waals surface area contributed by atoms with Gasteiger partial charge in [-0.1, -0.05) is 243 Å². The van der Waals surface area contributed by atoms with E-state index in [9.17, 15) is 0 Å². The van der Waals surface area contributed by atoms with Gasteiger partial charge in [0.25, 0.3) is 0 Å². The molecule has 18 nitrogen and oxygen atoms in total. The van der Waals surface area contributed by atoms with E-state index in [0.29, 0.717) is 106 Å². The summed E-state index contributed by atoms with van der Waals surface area (Å²) in [5, 5.41) is 2.08. The molecule has 13 atom stereocenters. The predicted octanol–water partition coefficient (Wildman–Crippen LogP) is 4.61. The predicted molar refractivity (Wildman–Crippen MR) is 356 cm³/mol. The molecule has 0 aliphatic carbocycles. The van der Waals surface area contributed by atoms with E-state index in [1.54, 1.807) is 0 Å². The summed E-state index contributed by atoms with van der Waals surface area (Å²) in [7, 11) is -49.3. The van der Waals surface area contributed by atoms with Gasteiger partial charge in [0.15, 0.2) is 0 Å². The first-order valence-electron chi connectivity index (χ1n) is 31.0. The smallest absolute Gasteiger partial charge is 0.391 e. The molecule has 0 radical (unpaired) electrons. The lowest BCUT2D eigenvalue weighted by Gasteiger charge is -2.64. The summed E-state index contributed by atoms with van der Waals surface area (Å²) in [6.07, 6.45) is 1.08. The first-order chi connectivity index (χ1) is 44.4. The third-order valence-corrected chi connectivity index (χ3v) is 63.0. The molecule has 0 aromatic heterocycles. The molecule has 10 fully saturated rings. The summed E-state index contributed by atoms with van der Waals surface area (Å²) in [5.41, 5.74) is 0. The summed E-state index contributed by atoms with van der Waals surface area (Å²) in [5.74, 6) is 0. The molecular weight excluding hydrogens is 1330 g/mol. The van der Waals surface area contributed by atoms with E-state index in [1.165, 1.54) is 0 Å². The Morgan fingerprint density at radius 2 is 0.538 bits per heavy atom.